The molecular weight excluding hydrogens is 382 g/mol. The SMILES string of the molecule is COc1ccc(C(=O)N2Cc3c(C(=O)NCc4cccnc4)nn(C)c3C2)c(C)c1. The molecule has 3 aromatic rings. The molecule has 154 valence electrons. The molecule has 0 atom stereocenters. The highest BCUT2D eigenvalue weighted by atomic mass is 16.5. The highest BCUT2D eigenvalue weighted by Crippen LogP contribution is 2.28. The predicted molar refractivity (Wildman–Crippen MR) is 110 cm³/mol. The molecule has 0 saturated heterocycles. The summed E-state index contributed by atoms with van der Waals surface area (Å²) in [4.78, 5) is 31.6. The highest BCUT2D eigenvalue weighted by Gasteiger charge is 2.32. The molecule has 1 aromatic carbocycles. The third kappa shape index (κ3) is 3.63. The molecule has 0 aliphatic carbocycles. The Balaban J connectivity index is 1.50. The average Bonchev–Trinajstić information content (AvgIpc) is 3.33. The second-order valence-electron chi connectivity index (χ2n) is 7.28. The first kappa shape index (κ1) is 19.6. The zero-order valence-corrected chi connectivity index (χ0v) is 17.2. The Morgan fingerprint density at radius 3 is 2.77 bits per heavy atom. The first-order valence-corrected chi connectivity index (χ1v) is 9.63. The maximum absolute atomic E-state index is 13.1. The van der Waals surface area contributed by atoms with Crippen molar-refractivity contribution < 1.29 is 14.3 Å². The Morgan fingerprint density at radius 2 is 2.07 bits per heavy atom. The first-order valence-electron chi connectivity index (χ1n) is 9.63. The van der Waals surface area contributed by atoms with Crippen molar-refractivity contribution in [3.05, 3.63) is 76.4 Å². The molecule has 0 unspecified atom stereocenters. The molecule has 1 N–H and O–H groups in total. The Kier molecular flexibility index (Phi) is 5.22. The van der Waals surface area contributed by atoms with Crippen molar-refractivity contribution in [3.8, 4) is 5.75 Å². The van der Waals surface area contributed by atoms with Crippen LogP contribution >= 0.6 is 0 Å². The van der Waals surface area contributed by atoms with Gasteiger partial charge in [0.05, 0.1) is 25.9 Å². The fourth-order valence-corrected chi connectivity index (χ4v) is 3.66. The number of rotatable bonds is 5. The summed E-state index contributed by atoms with van der Waals surface area (Å²) in [7, 11) is 3.39. The number of aryl methyl sites for hydroxylation is 2. The molecule has 0 saturated carbocycles. The van der Waals surface area contributed by atoms with Gasteiger partial charge in [-0.3, -0.25) is 19.3 Å². The maximum atomic E-state index is 13.1. The topological polar surface area (TPSA) is 89.3 Å². The minimum Gasteiger partial charge on any atom is -0.497 e. The van der Waals surface area contributed by atoms with Crippen LogP contribution in [0.3, 0.4) is 0 Å². The van der Waals surface area contributed by atoms with Gasteiger partial charge in [0.2, 0.25) is 0 Å². The van der Waals surface area contributed by atoms with Gasteiger partial charge in [-0.2, -0.15) is 5.10 Å². The summed E-state index contributed by atoms with van der Waals surface area (Å²) in [6.07, 6.45) is 3.40. The van der Waals surface area contributed by atoms with Crippen LogP contribution in [0.4, 0.5) is 0 Å². The van der Waals surface area contributed by atoms with Crippen LogP contribution in [0.1, 0.15) is 43.2 Å². The summed E-state index contributed by atoms with van der Waals surface area (Å²) in [5.41, 5.74) is 4.41. The van der Waals surface area contributed by atoms with Crippen LogP contribution in [0.25, 0.3) is 0 Å². The van der Waals surface area contributed by atoms with E-state index < -0.39 is 0 Å². The molecule has 0 spiro atoms. The van der Waals surface area contributed by atoms with Gasteiger partial charge in [-0.15, -0.1) is 0 Å². The first-order chi connectivity index (χ1) is 14.5. The maximum Gasteiger partial charge on any atom is 0.272 e. The van der Waals surface area contributed by atoms with Gasteiger partial charge in [-0.1, -0.05) is 6.07 Å². The molecule has 0 fully saturated rings. The third-order valence-corrected chi connectivity index (χ3v) is 5.31. The van der Waals surface area contributed by atoms with Crippen molar-refractivity contribution in [2.24, 2.45) is 7.05 Å². The molecule has 30 heavy (non-hydrogen) atoms. The number of benzene rings is 1. The van der Waals surface area contributed by atoms with Gasteiger partial charge in [0.15, 0.2) is 5.69 Å². The van der Waals surface area contributed by atoms with Gasteiger partial charge in [-0.25, -0.2) is 0 Å². The van der Waals surface area contributed by atoms with Gasteiger partial charge in [0.25, 0.3) is 11.8 Å². The van der Waals surface area contributed by atoms with Crippen LogP contribution in [-0.4, -0.2) is 38.6 Å². The lowest BCUT2D eigenvalue weighted by Crippen LogP contribution is -2.28. The Morgan fingerprint density at radius 1 is 1.23 bits per heavy atom. The van der Waals surface area contributed by atoms with E-state index in [9.17, 15) is 9.59 Å². The van der Waals surface area contributed by atoms with E-state index in [0.717, 1.165) is 22.4 Å². The van der Waals surface area contributed by atoms with E-state index in [2.05, 4.69) is 15.4 Å². The monoisotopic (exact) mass is 405 g/mol. The lowest BCUT2D eigenvalue weighted by atomic mass is 10.1. The van der Waals surface area contributed by atoms with E-state index in [4.69, 9.17) is 4.74 Å². The second kappa shape index (κ2) is 7.98. The fourth-order valence-electron chi connectivity index (χ4n) is 3.66. The summed E-state index contributed by atoms with van der Waals surface area (Å²) in [5.74, 6) is 0.379. The number of hydrogen-bond donors (Lipinski definition) is 1. The van der Waals surface area contributed by atoms with Crippen LogP contribution in [0.15, 0.2) is 42.7 Å². The van der Waals surface area contributed by atoms with Gasteiger partial charge in [0, 0.05) is 37.1 Å². The van der Waals surface area contributed by atoms with Crippen molar-refractivity contribution in [3.63, 3.8) is 0 Å². The van der Waals surface area contributed by atoms with E-state index in [0.29, 0.717) is 36.6 Å². The van der Waals surface area contributed by atoms with Crippen LogP contribution in [-0.2, 0) is 26.7 Å². The molecule has 0 radical (unpaired) electrons. The molecule has 1 aliphatic heterocycles. The molecule has 0 bridgehead atoms. The van der Waals surface area contributed by atoms with E-state index in [-0.39, 0.29) is 11.8 Å². The number of nitrogens with zero attached hydrogens (tertiary/aromatic N) is 4. The van der Waals surface area contributed by atoms with Gasteiger partial charge in [-0.05, 0) is 42.3 Å². The second-order valence-corrected chi connectivity index (χ2v) is 7.28. The van der Waals surface area contributed by atoms with Crippen molar-refractivity contribution in [1.29, 1.82) is 0 Å². The molecule has 8 heteroatoms. The van der Waals surface area contributed by atoms with Crippen LogP contribution in [0.2, 0.25) is 0 Å². The minimum atomic E-state index is -0.259. The summed E-state index contributed by atoms with van der Waals surface area (Å²) >= 11 is 0. The molecule has 2 aromatic heterocycles. The Hall–Kier alpha value is -3.68. The molecule has 1 aliphatic rings. The number of amides is 2. The number of carbonyl (C=O) groups excluding carboxylic acids is 2. The normalized spacial score (nSPS) is 12.6. The predicted octanol–water partition coefficient (Wildman–Crippen LogP) is 2.22. The number of aromatic nitrogens is 3. The number of ether oxygens (including phenoxy) is 1. The summed E-state index contributed by atoms with van der Waals surface area (Å²) in [6.45, 7) is 3.02. The minimum absolute atomic E-state index is 0.0759. The zero-order chi connectivity index (χ0) is 21.3. The zero-order valence-electron chi connectivity index (χ0n) is 17.2. The van der Waals surface area contributed by atoms with Crippen molar-refractivity contribution >= 4 is 11.8 Å². The lowest BCUT2D eigenvalue weighted by Gasteiger charge is -2.18. The molecule has 3 heterocycles. The van der Waals surface area contributed by atoms with Crippen molar-refractivity contribution in [2.45, 2.75) is 26.6 Å². The Bertz CT molecular complexity index is 1110. The van der Waals surface area contributed by atoms with Crippen LogP contribution in [0, 0.1) is 6.92 Å². The summed E-state index contributed by atoms with van der Waals surface area (Å²) in [5, 5.41) is 7.27. The number of hydrogen-bond acceptors (Lipinski definition) is 5. The average molecular weight is 405 g/mol. The van der Waals surface area contributed by atoms with Gasteiger partial charge < -0.3 is 15.0 Å². The largest absolute Gasteiger partial charge is 0.497 e. The van der Waals surface area contributed by atoms with Gasteiger partial charge in [0.1, 0.15) is 5.75 Å². The van der Waals surface area contributed by atoms with Crippen molar-refractivity contribution in [1.82, 2.24) is 25.0 Å². The molecule has 4 rings (SSSR count). The third-order valence-electron chi connectivity index (χ3n) is 5.31. The van der Waals surface area contributed by atoms with Crippen LogP contribution < -0.4 is 10.1 Å². The Labute approximate surface area is 174 Å². The van der Waals surface area contributed by atoms with Gasteiger partial charge >= 0.3 is 0 Å². The highest BCUT2D eigenvalue weighted by molar-refractivity contribution is 5.97. The van der Waals surface area contributed by atoms with E-state index in [1.165, 1.54) is 0 Å². The standard InChI is InChI=1S/C22H23N5O3/c1-14-9-16(30-3)6-7-17(14)22(29)27-12-18-19(13-27)26(2)25-20(18)21(28)24-11-15-5-4-8-23-10-15/h4-10H,11-13H2,1-3H3,(H,24,28). The van der Waals surface area contributed by atoms with E-state index >= 15 is 0 Å². The lowest BCUT2D eigenvalue weighted by molar-refractivity contribution is 0.0745. The number of nitrogens with one attached hydrogen (secondary N) is 1. The summed E-state index contributed by atoms with van der Waals surface area (Å²) < 4.78 is 6.90. The number of pyridine rings is 1. The van der Waals surface area contributed by atoms with E-state index in [1.54, 1.807) is 48.3 Å². The van der Waals surface area contributed by atoms with Crippen molar-refractivity contribution in [2.75, 3.05) is 7.11 Å². The fraction of sp³-hybridized carbons (Fsp3) is 0.273. The molecule has 8 nitrogen and oxygen atoms in total. The van der Waals surface area contributed by atoms with E-state index in [1.807, 2.05) is 25.1 Å². The number of methoxy groups -OCH3 is 1. The molecule has 2 amide bonds. The van der Waals surface area contributed by atoms with Crippen LogP contribution in [0.5, 0.6) is 5.75 Å². The number of carbonyl (C=O) groups is 2. The smallest absolute Gasteiger partial charge is 0.272 e. The number of fused-ring (bicyclic) bond motifs is 1. The molecular formula is C22H23N5O3. The quantitative estimate of drug-likeness (QED) is 0.703. The summed E-state index contributed by atoms with van der Waals surface area (Å²) in [6, 6.07) is 9.12.